The third kappa shape index (κ3) is 4.11. The minimum Gasteiger partial charge on any atom is -0.452 e. The van der Waals surface area contributed by atoms with Gasteiger partial charge < -0.3 is 10.1 Å². The van der Waals surface area contributed by atoms with Crippen molar-refractivity contribution in [2.45, 2.75) is 0 Å². The number of carbonyl (C=O) groups is 2. The first-order valence-electron chi connectivity index (χ1n) is 6.57. The molecule has 0 spiro atoms. The number of esters is 1. The van der Waals surface area contributed by atoms with E-state index in [0.717, 1.165) is 12.1 Å². The van der Waals surface area contributed by atoms with Crippen LogP contribution in [0.15, 0.2) is 42.7 Å². The Labute approximate surface area is 135 Å². The minimum absolute atomic E-state index is 0.0713. The molecule has 2 aromatic rings. The number of nitrogens with zero attached hydrogens (tertiary/aromatic N) is 3. The third-order valence-corrected chi connectivity index (χ3v) is 2.86. The predicted molar refractivity (Wildman–Crippen MR) is 81.0 cm³/mol. The lowest BCUT2D eigenvalue weighted by molar-refractivity contribution is -0.384. The predicted octanol–water partition coefficient (Wildman–Crippen LogP) is 1.66. The van der Waals surface area contributed by atoms with Gasteiger partial charge in [-0.2, -0.15) is 5.26 Å². The van der Waals surface area contributed by atoms with Gasteiger partial charge in [-0.15, -0.1) is 0 Å². The zero-order valence-corrected chi connectivity index (χ0v) is 12.1. The number of rotatable bonds is 5. The zero-order chi connectivity index (χ0) is 17.5. The van der Waals surface area contributed by atoms with Crippen molar-refractivity contribution in [3.8, 4) is 6.07 Å². The van der Waals surface area contributed by atoms with E-state index in [4.69, 9.17) is 10.00 Å². The molecule has 0 aliphatic carbocycles. The molecule has 120 valence electrons. The number of ether oxygens (including phenoxy) is 1. The van der Waals surface area contributed by atoms with E-state index in [-0.39, 0.29) is 22.5 Å². The molecule has 0 saturated carbocycles. The molecule has 0 aliphatic heterocycles. The lowest BCUT2D eigenvalue weighted by atomic mass is 10.1. The molecule has 0 fully saturated rings. The van der Waals surface area contributed by atoms with E-state index in [9.17, 15) is 19.7 Å². The van der Waals surface area contributed by atoms with Crippen LogP contribution in [0.3, 0.4) is 0 Å². The molecular formula is C15H10N4O5. The summed E-state index contributed by atoms with van der Waals surface area (Å²) in [6, 6.07) is 8.05. The van der Waals surface area contributed by atoms with Gasteiger partial charge in [0, 0.05) is 24.5 Å². The summed E-state index contributed by atoms with van der Waals surface area (Å²) >= 11 is 0. The summed E-state index contributed by atoms with van der Waals surface area (Å²) in [5.41, 5.74) is -0.00872. The SMILES string of the molecule is N#Cc1cc([N+](=O)[O-])ccc1NC(=O)COC(=O)c1ccncc1. The number of nitro benzene ring substituents is 1. The first-order valence-corrected chi connectivity index (χ1v) is 6.57. The fraction of sp³-hybridized carbons (Fsp3) is 0.0667. The highest BCUT2D eigenvalue weighted by Crippen LogP contribution is 2.21. The van der Waals surface area contributed by atoms with Crippen LogP contribution in [0.2, 0.25) is 0 Å². The smallest absolute Gasteiger partial charge is 0.338 e. The number of pyridine rings is 1. The fourth-order valence-electron chi connectivity index (χ4n) is 1.74. The average molecular weight is 326 g/mol. The second-order valence-electron chi connectivity index (χ2n) is 4.46. The maximum Gasteiger partial charge on any atom is 0.338 e. The van der Waals surface area contributed by atoms with Gasteiger partial charge in [-0.05, 0) is 18.2 Å². The van der Waals surface area contributed by atoms with Gasteiger partial charge in [0.15, 0.2) is 6.61 Å². The first-order chi connectivity index (χ1) is 11.5. The molecule has 0 bridgehead atoms. The highest BCUT2D eigenvalue weighted by molar-refractivity contribution is 5.96. The first kappa shape index (κ1) is 16.6. The van der Waals surface area contributed by atoms with E-state index in [0.29, 0.717) is 0 Å². The molecule has 0 aliphatic rings. The lowest BCUT2D eigenvalue weighted by Crippen LogP contribution is -2.21. The lowest BCUT2D eigenvalue weighted by Gasteiger charge is -2.08. The summed E-state index contributed by atoms with van der Waals surface area (Å²) in [6.45, 7) is -0.566. The zero-order valence-electron chi connectivity index (χ0n) is 12.1. The van der Waals surface area contributed by atoms with Gasteiger partial charge in [0.05, 0.1) is 21.7 Å². The molecular weight excluding hydrogens is 316 g/mol. The Morgan fingerprint density at radius 3 is 2.62 bits per heavy atom. The second-order valence-corrected chi connectivity index (χ2v) is 4.46. The molecule has 1 heterocycles. The van der Waals surface area contributed by atoms with E-state index in [1.807, 2.05) is 0 Å². The standard InChI is InChI=1S/C15H10N4O5/c16-8-11-7-12(19(22)23)1-2-13(11)18-14(20)9-24-15(21)10-3-5-17-6-4-10/h1-7H,9H2,(H,18,20). The Balaban J connectivity index is 1.99. The summed E-state index contributed by atoms with van der Waals surface area (Å²) in [5.74, 6) is -1.38. The van der Waals surface area contributed by atoms with Gasteiger partial charge in [0.1, 0.15) is 6.07 Å². The number of nitriles is 1. The Morgan fingerprint density at radius 2 is 2.00 bits per heavy atom. The van der Waals surface area contributed by atoms with Crippen LogP contribution in [-0.4, -0.2) is 28.4 Å². The van der Waals surface area contributed by atoms with Crippen LogP contribution in [0.1, 0.15) is 15.9 Å². The van der Waals surface area contributed by atoms with Crippen molar-refractivity contribution in [2.75, 3.05) is 11.9 Å². The Morgan fingerprint density at radius 1 is 1.29 bits per heavy atom. The maximum atomic E-state index is 11.8. The van der Waals surface area contributed by atoms with E-state index >= 15 is 0 Å². The number of hydrogen-bond acceptors (Lipinski definition) is 7. The third-order valence-electron chi connectivity index (χ3n) is 2.86. The molecule has 24 heavy (non-hydrogen) atoms. The topological polar surface area (TPSA) is 135 Å². The molecule has 2 rings (SSSR count). The molecule has 1 N–H and O–H groups in total. The number of nitro groups is 1. The number of hydrogen-bond donors (Lipinski definition) is 1. The Hall–Kier alpha value is -3.80. The second kappa shape index (κ2) is 7.46. The van der Waals surface area contributed by atoms with E-state index in [1.54, 1.807) is 6.07 Å². The van der Waals surface area contributed by atoms with Crippen molar-refractivity contribution < 1.29 is 19.2 Å². The summed E-state index contributed by atoms with van der Waals surface area (Å²) in [6.07, 6.45) is 2.82. The summed E-state index contributed by atoms with van der Waals surface area (Å²) in [5, 5.41) is 22.0. The normalized spacial score (nSPS) is 9.62. The van der Waals surface area contributed by atoms with Gasteiger partial charge in [0.2, 0.25) is 0 Å². The average Bonchev–Trinajstić information content (AvgIpc) is 2.60. The molecule has 9 nitrogen and oxygen atoms in total. The minimum atomic E-state index is -0.697. The van der Waals surface area contributed by atoms with Gasteiger partial charge >= 0.3 is 5.97 Å². The number of amides is 1. The van der Waals surface area contributed by atoms with Gasteiger partial charge in [-0.3, -0.25) is 19.9 Å². The highest BCUT2D eigenvalue weighted by atomic mass is 16.6. The quantitative estimate of drug-likeness (QED) is 0.501. The molecule has 1 amide bonds. The molecule has 0 atom stereocenters. The van der Waals surface area contributed by atoms with E-state index in [1.165, 1.54) is 30.6 Å². The molecule has 0 unspecified atom stereocenters. The van der Waals surface area contributed by atoms with Gasteiger partial charge in [-0.25, -0.2) is 4.79 Å². The summed E-state index contributed by atoms with van der Waals surface area (Å²) in [7, 11) is 0. The van der Waals surface area contributed by atoms with Crippen LogP contribution in [0, 0.1) is 21.4 Å². The number of nitrogens with one attached hydrogen (secondary N) is 1. The molecule has 1 aromatic carbocycles. The summed E-state index contributed by atoms with van der Waals surface area (Å²) < 4.78 is 4.83. The number of anilines is 1. The van der Waals surface area contributed by atoms with Crippen molar-refractivity contribution in [1.29, 1.82) is 5.26 Å². The van der Waals surface area contributed by atoms with Crippen molar-refractivity contribution in [1.82, 2.24) is 4.98 Å². The monoisotopic (exact) mass is 326 g/mol. The largest absolute Gasteiger partial charge is 0.452 e. The van der Waals surface area contributed by atoms with E-state index in [2.05, 4.69) is 10.3 Å². The van der Waals surface area contributed by atoms with Crippen LogP contribution in [0.4, 0.5) is 11.4 Å². The maximum absolute atomic E-state index is 11.8. The van der Waals surface area contributed by atoms with Crippen LogP contribution in [0.5, 0.6) is 0 Å². The number of benzene rings is 1. The van der Waals surface area contributed by atoms with Crippen LogP contribution in [-0.2, 0) is 9.53 Å². The van der Waals surface area contributed by atoms with Crippen LogP contribution >= 0.6 is 0 Å². The fourth-order valence-corrected chi connectivity index (χ4v) is 1.74. The Kier molecular flexibility index (Phi) is 5.15. The molecule has 1 aromatic heterocycles. The summed E-state index contributed by atoms with van der Waals surface area (Å²) in [4.78, 5) is 37.2. The van der Waals surface area contributed by atoms with Crippen molar-refractivity contribution >= 4 is 23.3 Å². The van der Waals surface area contributed by atoms with E-state index < -0.39 is 23.4 Å². The van der Waals surface area contributed by atoms with Crippen molar-refractivity contribution in [3.05, 3.63) is 64.0 Å². The molecule has 9 heteroatoms. The van der Waals surface area contributed by atoms with Gasteiger partial charge in [-0.1, -0.05) is 0 Å². The number of aromatic nitrogens is 1. The number of carbonyl (C=O) groups excluding carboxylic acids is 2. The van der Waals surface area contributed by atoms with Gasteiger partial charge in [0.25, 0.3) is 11.6 Å². The Bertz CT molecular complexity index is 830. The highest BCUT2D eigenvalue weighted by Gasteiger charge is 2.14. The van der Waals surface area contributed by atoms with Crippen molar-refractivity contribution in [2.24, 2.45) is 0 Å². The molecule has 0 radical (unpaired) electrons. The van der Waals surface area contributed by atoms with Crippen molar-refractivity contribution in [3.63, 3.8) is 0 Å². The number of non-ortho nitro benzene ring substituents is 1. The van der Waals surface area contributed by atoms with Crippen LogP contribution in [0.25, 0.3) is 0 Å². The van der Waals surface area contributed by atoms with Crippen LogP contribution < -0.4 is 5.32 Å². The molecule has 0 saturated heterocycles.